The SMILES string of the molecule is CN=C(NCCCN1CCCC1)NC1CCN(S(=O)(=O)C(F)(F)F)CC1.I. The van der Waals surface area contributed by atoms with E-state index in [-0.39, 0.29) is 43.1 Å². The lowest BCUT2D eigenvalue weighted by Crippen LogP contribution is -2.51. The number of hydrogen-bond donors (Lipinski definition) is 2. The van der Waals surface area contributed by atoms with Crippen molar-refractivity contribution in [3.05, 3.63) is 0 Å². The van der Waals surface area contributed by atoms with E-state index < -0.39 is 15.5 Å². The maximum absolute atomic E-state index is 12.6. The van der Waals surface area contributed by atoms with E-state index in [1.807, 2.05) is 0 Å². The normalized spacial score (nSPS) is 21.1. The van der Waals surface area contributed by atoms with Crippen LogP contribution in [0, 0.1) is 0 Å². The van der Waals surface area contributed by atoms with Gasteiger partial charge in [-0.2, -0.15) is 17.5 Å². The molecule has 2 N–H and O–H groups in total. The Labute approximate surface area is 176 Å². The van der Waals surface area contributed by atoms with Crippen LogP contribution in [0.5, 0.6) is 0 Å². The molecule has 0 radical (unpaired) electrons. The highest BCUT2D eigenvalue weighted by Gasteiger charge is 2.50. The monoisotopic (exact) mass is 527 g/mol. The van der Waals surface area contributed by atoms with Crippen molar-refractivity contribution < 1.29 is 21.6 Å². The summed E-state index contributed by atoms with van der Waals surface area (Å²) in [5.74, 6) is 0.601. The van der Waals surface area contributed by atoms with E-state index in [9.17, 15) is 21.6 Å². The molecule has 7 nitrogen and oxygen atoms in total. The Kier molecular flexibility index (Phi) is 10.1. The van der Waals surface area contributed by atoms with E-state index in [1.54, 1.807) is 7.05 Å². The van der Waals surface area contributed by atoms with Crippen LogP contribution in [0.4, 0.5) is 13.2 Å². The number of nitrogens with one attached hydrogen (secondary N) is 2. The van der Waals surface area contributed by atoms with Crippen molar-refractivity contribution >= 4 is 40.0 Å². The Balaban J connectivity index is 0.00000364. The number of halogens is 4. The number of guanidine groups is 1. The Morgan fingerprint density at radius 2 is 1.74 bits per heavy atom. The summed E-state index contributed by atoms with van der Waals surface area (Å²) in [6.45, 7) is 3.82. The minimum absolute atomic E-state index is 0. The van der Waals surface area contributed by atoms with Gasteiger partial charge in [0.2, 0.25) is 0 Å². The standard InChI is InChI=1S/C15H28F3N5O2S.HI/c1-19-14(20-7-4-10-22-8-2-3-9-22)21-13-5-11-23(12-6-13)26(24,25)15(16,17)18;/h13H,2-12H2,1H3,(H2,19,20,21);1H. The molecule has 0 aliphatic carbocycles. The quantitative estimate of drug-likeness (QED) is 0.238. The number of rotatable bonds is 6. The summed E-state index contributed by atoms with van der Waals surface area (Å²) in [6, 6.07) is -0.0977. The van der Waals surface area contributed by atoms with Gasteiger partial charge in [-0.3, -0.25) is 4.99 Å². The highest BCUT2D eigenvalue weighted by molar-refractivity contribution is 14.0. The molecular weight excluding hydrogens is 498 g/mol. The topological polar surface area (TPSA) is 77.0 Å². The average Bonchev–Trinajstić information content (AvgIpc) is 3.10. The minimum atomic E-state index is -5.24. The van der Waals surface area contributed by atoms with Gasteiger partial charge in [0.1, 0.15) is 0 Å². The summed E-state index contributed by atoms with van der Waals surface area (Å²) >= 11 is 0. The molecule has 2 aliphatic rings. The fourth-order valence-electron chi connectivity index (χ4n) is 3.29. The van der Waals surface area contributed by atoms with Crippen molar-refractivity contribution in [3.8, 4) is 0 Å². The van der Waals surface area contributed by atoms with Gasteiger partial charge >= 0.3 is 15.5 Å². The minimum Gasteiger partial charge on any atom is -0.356 e. The first-order valence-corrected chi connectivity index (χ1v) is 10.4. The van der Waals surface area contributed by atoms with Crippen LogP contribution in [-0.4, -0.2) is 81.4 Å². The van der Waals surface area contributed by atoms with Crippen LogP contribution < -0.4 is 10.6 Å². The van der Waals surface area contributed by atoms with Crippen LogP contribution in [0.1, 0.15) is 32.1 Å². The Morgan fingerprint density at radius 3 is 2.26 bits per heavy atom. The first kappa shape index (κ1) is 24.7. The molecule has 2 saturated heterocycles. The zero-order chi connectivity index (χ0) is 19.2. The Bertz CT molecular complexity index is 574. The summed E-state index contributed by atoms with van der Waals surface area (Å²) in [6.07, 6.45) is 4.13. The Hall–Kier alpha value is -0.340. The lowest BCUT2D eigenvalue weighted by atomic mass is 10.1. The second kappa shape index (κ2) is 11.0. The molecule has 0 amide bonds. The smallest absolute Gasteiger partial charge is 0.356 e. The molecule has 2 fully saturated rings. The lowest BCUT2D eigenvalue weighted by Gasteiger charge is -2.32. The Morgan fingerprint density at radius 1 is 1.15 bits per heavy atom. The number of alkyl halides is 3. The first-order chi connectivity index (χ1) is 12.2. The van der Waals surface area contributed by atoms with Crippen LogP contribution in [-0.2, 0) is 10.0 Å². The van der Waals surface area contributed by atoms with Crippen molar-refractivity contribution in [1.82, 2.24) is 19.8 Å². The lowest BCUT2D eigenvalue weighted by molar-refractivity contribution is -0.0494. The molecule has 0 unspecified atom stereocenters. The zero-order valence-corrected chi connectivity index (χ0v) is 18.6. The van der Waals surface area contributed by atoms with Crippen molar-refractivity contribution in [3.63, 3.8) is 0 Å². The fraction of sp³-hybridized carbons (Fsp3) is 0.933. The summed E-state index contributed by atoms with van der Waals surface area (Å²) in [5.41, 5.74) is -5.24. The molecule has 27 heavy (non-hydrogen) atoms. The molecule has 12 heteroatoms. The van der Waals surface area contributed by atoms with E-state index >= 15 is 0 Å². The fourth-order valence-corrected chi connectivity index (χ4v) is 4.27. The molecule has 2 heterocycles. The van der Waals surface area contributed by atoms with E-state index in [0.29, 0.717) is 23.1 Å². The van der Waals surface area contributed by atoms with E-state index in [1.165, 1.54) is 12.8 Å². The number of sulfonamides is 1. The number of aliphatic imine (C=N–C) groups is 1. The molecular formula is C15H29F3IN5O2S. The molecule has 0 atom stereocenters. The van der Waals surface area contributed by atoms with Gasteiger partial charge in [0.25, 0.3) is 0 Å². The van der Waals surface area contributed by atoms with Gasteiger partial charge in [-0.1, -0.05) is 0 Å². The second-order valence-corrected chi connectivity index (χ2v) is 8.60. The van der Waals surface area contributed by atoms with Gasteiger partial charge in [0.05, 0.1) is 0 Å². The zero-order valence-electron chi connectivity index (χ0n) is 15.5. The van der Waals surface area contributed by atoms with E-state index in [2.05, 4.69) is 20.5 Å². The maximum atomic E-state index is 12.6. The van der Waals surface area contributed by atoms with Crippen LogP contribution in [0.3, 0.4) is 0 Å². The molecule has 0 bridgehead atoms. The average molecular weight is 527 g/mol. The predicted octanol–water partition coefficient (Wildman–Crippen LogP) is 1.57. The van der Waals surface area contributed by atoms with Crippen LogP contribution >= 0.6 is 24.0 Å². The van der Waals surface area contributed by atoms with Crippen molar-refractivity contribution in [2.45, 2.75) is 43.7 Å². The van der Waals surface area contributed by atoms with Crippen molar-refractivity contribution in [1.29, 1.82) is 0 Å². The van der Waals surface area contributed by atoms with Gasteiger partial charge in [-0.25, -0.2) is 8.42 Å². The van der Waals surface area contributed by atoms with Gasteiger partial charge < -0.3 is 15.5 Å². The second-order valence-electron chi connectivity index (χ2n) is 6.67. The molecule has 0 aromatic carbocycles. The third-order valence-electron chi connectivity index (χ3n) is 4.79. The molecule has 0 aromatic heterocycles. The van der Waals surface area contributed by atoms with E-state index in [4.69, 9.17) is 0 Å². The highest BCUT2D eigenvalue weighted by atomic mass is 127. The highest BCUT2D eigenvalue weighted by Crippen LogP contribution is 2.28. The molecule has 2 rings (SSSR count). The molecule has 0 aromatic rings. The van der Waals surface area contributed by atoms with Crippen LogP contribution in [0.15, 0.2) is 4.99 Å². The van der Waals surface area contributed by atoms with Gasteiger partial charge in [0.15, 0.2) is 5.96 Å². The number of nitrogens with zero attached hydrogens (tertiary/aromatic N) is 3. The van der Waals surface area contributed by atoms with Crippen molar-refractivity contribution in [2.75, 3.05) is 46.3 Å². The first-order valence-electron chi connectivity index (χ1n) is 9.00. The largest absolute Gasteiger partial charge is 0.511 e. The summed E-state index contributed by atoms with van der Waals surface area (Å²) in [7, 11) is -3.59. The van der Waals surface area contributed by atoms with Crippen LogP contribution in [0.2, 0.25) is 0 Å². The third kappa shape index (κ3) is 7.20. The van der Waals surface area contributed by atoms with Gasteiger partial charge in [-0.15, -0.1) is 24.0 Å². The number of likely N-dealkylation sites (tertiary alicyclic amines) is 1. The van der Waals surface area contributed by atoms with Gasteiger partial charge in [-0.05, 0) is 51.7 Å². The number of hydrogen-bond acceptors (Lipinski definition) is 4. The summed E-state index contributed by atoms with van der Waals surface area (Å²) in [4.78, 5) is 6.55. The molecule has 0 saturated carbocycles. The van der Waals surface area contributed by atoms with E-state index in [0.717, 1.165) is 32.6 Å². The van der Waals surface area contributed by atoms with Crippen LogP contribution in [0.25, 0.3) is 0 Å². The van der Waals surface area contributed by atoms with Crippen molar-refractivity contribution in [2.24, 2.45) is 4.99 Å². The molecule has 160 valence electrons. The third-order valence-corrected chi connectivity index (χ3v) is 6.42. The maximum Gasteiger partial charge on any atom is 0.511 e. The number of piperidine rings is 1. The molecule has 0 spiro atoms. The van der Waals surface area contributed by atoms with Gasteiger partial charge in [0, 0.05) is 32.7 Å². The molecule has 2 aliphatic heterocycles. The summed E-state index contributed by atoms with van der Waals surface area (Å²) in [5, 5.41) is 6.37. The summed E-state index contributed by atoms with van der Waals surface area (Å²) < 4.78 is 61.1. The predicted molar refractivity (Wildman–Crippen MR) is 110 cm³/mol.